The summed E-state index contributed by atoms with van der Waals surface area (Å²) in [5, 5.41) is 3.79. The fourth-order valence-electron chi connectivity index (χ4n) is 3.08. The minimum absolute atomic E-state index is 0.0448. The van der Waals surface area contributed by atoms with E-state index >= 15 is 0 Å². The first-order valence-electron chi connectivity index (χ1n) is 9.80. The summed E-state index contributed by atoms with van der Waals surface area (Å²) < 4.78 is 84.8. The molecule has 0 aromatic heterocycles. The van der Waals surface area contributed by atoms with E-state index in [1.165, 1.54) is 32.2 Å². The van der Waals surface area contributed by atoms with Gasteiger partial charge in [-0.15, -0.1) is 0 Å². The highest BCUT2D eigenvalue weighted by atomic mass is 79.9. The second kappa shape index (κ2) is 10.4. The Bertz CT molecular complexity index is 1250. The molecule has 0 atom stereocenters. The van der Waals surface area contributed by atoms with Crippen molar-refractivity contribution in [1.29, 1.82) is 0 Å². The van der Waals surface area contributed by atoms with Gasteiger partial charge in [0.2, 0.25) is 5.82 Å². The van der Waals surface area contributed by atoms with Gasteiger partial charge in [-0.25, -0.2) is 26.7 Å². The van der Waals surface area contributed by atoms with Crippen molar-refractivity contribution < 1.29 is 45.8 Å². The van der Waals surface area contributed by atoms with Crippen LogP contribution in [0.15, 0.2) is 27.3 Å². The molecule has 3 rings (SSSR count). The van der Waals surface area contributed by atoms with Gasteiger partial charge >= 0.3 is 5.97 Å². The number of amides is 1. The number of rotatable bonds is 7. The molecule has 0 aliphatic carbocycles. The van der Waals surface area contributed by atoms with Crippen molar-refractivity contribution in [3.8, 4) is 11.5 Å². The van der Waals surface area contributed by atoms with Crippen LogP contribution in [-0.4, -0.2) is 37.9 Å². The molecule has 13 heteroatoms. The zero-order valence-electron chi connectivity index (χ0n) is 18.3. The van der Waals surface area contributed by atoms with Gasteiger partial charge in [-0.2, -0.15) is 10.1 Å². The molecule has 1 aliphatic rings. The van der Waals surface area contributed by atoms with Crippen molar-refractivity contribution in [2.45, 2.75) is 13.8 Å². The molecule has 7 nitrogen and oxygen atoms in total. The Morgan fingerprint density at radius 1 is 1.09 bits per heavy atom. The molecular formula is C22H16BrF5N2O5. The molecule has 186 valence electrons. The molecule has 0 bridgehead atoms. The van der Waals surface area contributed by atoms with Gasteiger partial charge in [-0.05, 0) is 53.5 Å². The maximum atomic E-state index is 14.2. The maximum Gasteiger partial charge on any atom is 0.344 e. The zero-order valence-corrected chi connectivity index (χ0v) is 19.9. The minimum atomic E-state index is -2.35. The third kappa shape index (κ3) is 4.99. The van der Waals surface area contributed by atoms with Gasteiger partial charge in [0.05, 0.1) is 29.5 Å². The molecule has 0 unspecified atom stereocenters. The third-order valence-corrected chi connectivity index (χ3v) is 5.25. The lowest BCUT2D eigenvalue weighted by Crippen LogP contribution is -2.25. The predicted molar refractivity (Wildman–Crippen MR) is 118 cm³/mol. The molecule has 0 radical (unpaired) electrons. The van der Waals surface area contributed by atoms with Crippen molar-refractivity contribution in [2.24, 2.45) is 5.10 Å². The second-order valence-electron chi connectivity index (χ2n) is 6.91. The highest BCUT2D eigenvalue weighted by Gasteiger charge is 2.37. The van der Waals surface area contributed by atoms with E-state index in [0.717, 1.165) is 0 Å². The molecule has 35 heavy (non-hydrogen) atoms. The number of hydrogen-bond donors (Lipinski definition) is 0. The van der Waals surface area contributed by atoms with Crippen molar-refractivity contribution in [3.63, 3.8) is 0 Å². The number of hydrazone groups is 1. The number of ether oxygens (including phenoxy) is 3. The number of esters is 1. The van der Waals surface area contributed by atoms with Crippen LogP contribution in [0.2, 0.25) is 0 Å². The molecule has 0 fully saturated rings. The van der Waals surface area contributed by atoms with Crippen molar-refractivity contribution in [1.82, 2.24) is 0 Å². The molecule has 0 saturated carbocycles. The van der Waals surface area contributed by atoms with Gasteiger partial charge in [0, 0.05) is 0 Å². The van der Waals surface area contributed by atoms with E-state index in [1.54, 1.807) is 6.92 Å². The Hall–Kier alpha value is -3.48. The highest BCUT2D eigenvalue weighted by Crippen LogP contribution is 2.38. The van der Waals surface area contributed by atoms with Gasteiger partial charge in [-0.3, -0.25) is 4.79 Å². The summed E-state index contributed by atoms with van der Waals surface area (Å²) >= 11 is 3.27. The smallest absolute Gasteiger partial charge is 0.344 e. The molecular weight excluding hydrogens is 547 g/mol. The van der Waals surface area contributed by atoms with Crippen LogP contribution in [0.5, 0.6) is 11.5 Å². The van der Waals surface area contributed by atoms with Gasteiger partial charge in [0.25, 0.3) is 5.91 Å². The largest absolute Gasteiger partial charge is 0.493 e. The van der Waals surface area contributed by atoms with E-state index in [-0.39, 0.29) is 34.4 Å². The lowest BCUT2D eigenvalue weighted by atomic mass is 10.1. The van der Waals surface area contributed by atoms with E-state index in [2.05, 4.69) is 21.0 Å². The normalized spacial score (nSPS) is 14.4. The summed E-state index contributed by atoms with van der Waals surface area (Å²) in [5.41, 5.74) is -1.38. The Morgan fingerprint density at radius 3 is 2.26 bits per heavy atom. The number of carbonyl (C=O) groups is 2. The Morgan fingerprint density at radius 2 is 1.69 bits per heavy atom. The van der Waals surface area contributed by atoms with Crippen molar-refractivity contribution >= 4 is 45.3 Å². The topological polar surface area (TPSA) is 77.4 Å². The quantitative estimate of drug-likeness (QED) is 0.158. The minimum Gasteiger partial charge on any atom is -0.493 e. The van der Waals surface area contributed by atoms with Crippen LogP contribution in [0.3, 0.4) is 0 Å². The number of halogens is 6. The van der Waals surface area contributed by atoms with Crippen LogP contribution in [-0.2, 0) is 14.3 Å². The van der Waals surface area contributed by atoms with Crippen LogP contribution in [0.25, 0.3) is 6.08 Å². The van der Waals surface area contributed by atoms with Gasteiger partial charge in [0.15, 0.2) is 41.4 Å². The number of methoxy groups -OCH3 is 1. The molecule has 2 aromatic rings. The lowest BCUT2D eigenvalue weighted by molar-refractivity contribution is -0.145. The second-order valence-corrected chi connectivity index (χ2v) is 7.76. The van der Waals surface area contributed by atoms with E-state index in [1.807, 2.05) is 0 Å². The third-order valence-electron chi connectivity index (χ3n) is 4.66. The van der Waals surface area contributed by atoms with Crippen LogP contribution < -0.4 is 14.5 Å². The average molecular weight is 563 g/mol. The summed E-state index contributed by atoms with van der Waals surface area (Å²) in [7, 11) is 1.33. The number of hydrogen-bond acceptors (Lipinski definition) is 6. The van der Waals surface area contributed by atoms with E-state index in [4.69, 9.17) is 14.2 Å². The van der Waals surface area contributed by atoms with Crippen LogP contribution >= 0.6 is 15.9 Å². The van der Waals surface area contributed by atoms with E-state index < -0.39 is 53.3 Å². The van der Waals surface area contributed by atoms with Crippen molar-refractivity contribution in [3.05, 3.63) is 56.8 Å². The predicted octanol–water partition coefficient (Wildman–Crippen LogP) is 4.90. The fraction of sp³-hybridized carbons (Fsp3) is 0.227. The molecule has 1 aliphatic heterocycles. The summed E-state index contributed by atoms with van der Waals surface area (Å²) in [6.07, 6.45) is 1.27. The van der Waals surface area contributed by atoms with Crippen LogP contribution in [0, 0.1) is 29.1 Å². The summed E-state index contributed by atoms with van der Waals surface area (Å²) in [5.74, 6) is -12.6. The van der Waals surface area contributed by atoms with Gasteiger partial charge in [0.1, 0.15) is 5.69 Å². The molecule has 0 saturated heterocycles. The number of benzene rings is 2. The summed E-state index contributed by atoms with van der Waals surface area (Å²) in [6, 6.07) is 2.91. The lowest BCUT2D eigenvalue weighted by Gasteiger charge is -2.15. The SMILES string of the molecule is CCOC(=O)COc1c(Br)cc(/C=C2/C(=O)N(c3c(F)c(F)c(F)c(F)c3F)N=C2C)cc1OC. The first kappa shape index (κ1) is 26.1. The van der Waals surface area contributed by atoms with Gasteiger partial charge in [-0.1, -0.05) is 0 Å². The van der Waals surface area contributed by atoms with E-state index in [9.17, 15) is 31.5 Å². The van der Waals surface area contributed by atoms with Gasteiger partial charge < -0.3 is 14.2 Å². The molecule has 0 spiro atoms. The Kier molecular flexibility index (Phi) is 7.78. The number of carbonyl (C=O) groups excluding carboxylic acids is 2. The van der Waals surface area contributed by atoms with Crippen LogP contribution in [0.1, 0.15) is 19.4 Å². The Balaban J connectivity index is 1.97. The molecule has 0 N–H and O–H groups in total. The summed E-state index contributed by atoms with van der Waals surface area (Å²) in [4.78, 5) is 24.4. The highest BCUT2D eigenvalue weighted by molar-refractivity contribution is 9.10. The van der Waals surface area contributed by atoms with E-state index in [0.29, 0.717) is 10.0 Å². The number of anilines is 1. The fourth-order valence-corrected chi connectivity index (χ4v) is 3.65. The standard InChI is InChI=1S/C22H16BrF5N2O5/c1-4-34-14(31)8-35-21-12(23)6-10(7-13(21)33-3)5-11-9(2)29-30(22(11)32)20-18(27)16(25)15(24)17(26)19(20)28/h5-7H,4,8H2,1-3H3/b11-5+. The van der Waals surface area contributed by atoms with Crippen LogP contribution in [0.4, 0.5) is 27.6 Å². The molecule has 1 amide bonds. The summed E-state index contributed by atoms with van der Waals surface area (Å²) in [6.45, 7) is 2.73. The monoisotopic (exact) mass is 562 g/mol. The van der Waals surface area contributed by atoms with Crippen molar-refractivity contribution in [2.75, 3.05) is 25.3 Å². The zero-order chi connectivity index (χ0) is 26.0. The number of nitrogens with zero attached hydrogens (tertiary/aromatic N) is 2. The molecule has 1 heterocycles. The maximum absolute atomic E-state index is 14.2. The Labute approximate surface area is 203 Å². The average Bonchev–Trinajstić information content (AvgIpc) is 3.08. The first-order chi connectivity index (χ1) is 16.5. The molecule has 2 aromatic carbocycles. The first-order valence-corrected chi connectivity index (χ1v) is 10.6.